The number of anilines is 1. The van der Waals surface area contributed by atoms with E-state index < -0.39 is 0 Å². The number of carbonyl (C=O) groups is 2. The molecule has 0 spiro atoms. The van der Waals surface area contributed by atoms with E-state index >= 15 is 0 Å². The van der Waals surface area contributed by atoms with Gasteiger partial charge in [0.25, 0.3) is 5.91 Å². The Morgan fingerprint density at radius 1 is 0.966 bits per heavy atom. The summed E-state index contributed by atoms with van der Waals surface area (Å²) in [5.41, 5.74) is 2.78. The molecule has 146 valence electrons. The number of hydrogen-bond donors (Lipinski definition) is 2. The third-order valence-corrected chi connectivity index (χ3v) is 6.27. The molecular formula is C22H19N3O2S2. The topological polar surface area (TPSA) is 71.1 Å². The quantitative estimate of drug-likeness (QED) is 0.404. The van der Waals surface area contributed by atoms with Crippen molar-refractivity contribution in [2.45, 2.75) is 12.8 Å². The first-order valence-electron chi connectivity index (χ1n) is 9.26. The number of aromatic nitrogens is 1. The lowest BCUT2D eigenvalue weighted by Crippen LogP contribution is -2.24. The fraction of sp³-hybridized carbons (Fsp3) is 0.136. The maximum absolute atomic E-state index is 12.1. The zero-order valence-corrected chi connectivity index (χ0v) is 17.2. The Morgan fingerprint density at radius 3 is 2.55 bits per heavy atom. The number of amides is 2. The average Bonchev–Trinajstić information content (AvgIpc) is 3.41. The number of nitrogens with one attached hydrogen (secondary N) is 2. The van der Waals surface area contributed by atoms with Crippen molar-refractivity contribution in [2.24, 2.45) is 0 Å². The molecule has 29 heavy (non-hydrogen) atoms. The Hall–Kier alpha value is -3.03. The van der Waals surface area contributed by atoms with Crippen LogP contribution >= 0.6 is 22.7 Å². The highest BCUT2D eigenvalue weighted by atomic mass is 32.1. The van der Waals surface area contributed by atoms with Crippen LogP contribution in [0.2, 0.25) is 0 Å². The second-order valence-electron chi connectivity index (χ2n) is 6.45. The normalized spacial score (nSPS) is 10.8. The molecule has 4 aromatic rings. The van der Waals surface area contributed by atoms with Gasteiger partial charge >= 0.3 is 0 Å². The summed E-state index contributed by atoms with van der Waals surface area (Å²) >= 11 is 3.06. The highest BCUT2D eigenvalue weighted by Crippen LogP contribution is 2.30. The van der Waals surface area contributed by atoms with Gasteiger partial charge in [0.15, 0.2) is 0 Å². The van der Waals surface area contributed by atoms with E-state index in [0.717, 1.165) is 26.5 Å². The number of benzene rings is 2. The van der Waals surface area contributed by atoms with E-state index in [1.165, 1.54) is 11.3 Å². The predicted molar refractivity (Wildman–Crippen MR) is 120 cm³/mol. The number of hydrogen-bond acceptors (Lipinski definition) is 5. The van der Waals surface area contributed by atoms with Crippen molar-refractivity contribution in [3.63, 3.8) is 0 Å². The molecule has 7 heteroatoms. The number of thiazole rings is 1. The van der Waals surface area contributed by atoms with Crippen LogP contribution in [0.15, 0.2) is 66.0 Å². The Bertz CT molecular complexity index is 1090. The van der Waals surface area contributed by atoms with E-state index in [2.05, 4.69) is 21.7 Å². The van der Waals surface area contributed by atoms with Crippen LogP contribution in [-0.2, 0) is 4.79 Å². The summed E-state index contributed by atoms with van der Waals surface area (Å²) in [4.78, 5) is 29.3. The standard InChI is InChI=1S/C22H19N3O2S2/c26-20(8-3-13-23-21(27)19-7-4-14-28-19)24-16-11-9-15(10-12-16)22-25-17-5-1-2-6-18(17)29-22/h1-2,4-7,9-12,14H,3,8,13H2,(H,23,27)(H,24,26). The van der Waals surface area contributed by atoms with E-state index in [4.69, 9.17) is 0 Å². The smallest absolute Gasteiger partial charge is 0.261 e. The maximum atomic E-state index is 12.1. The van der Waals surface area contributed by atoms with Crippen molar-refractivity contribution >= 4 is 50.4 Å². The lowest BCUT2D eigenvalue weighted by atomic mass is 10.2. The van der Waals surface area contributed by atoms with Gasteiger partial charge in [-0.1, -0.05) is 18.2 Å². The number of fused-ring (bicyclic) bond motifs is 1. The van der Waals surface area contributed by atoms with E-state index in [9.17, 15) is 9.59 Å². The van der Waals surface area contributed by atoms with E-state index in [1.54, 1.807) is 17.4 Å². The van der Waals surface area contributed by atoms with Crippen LogP contribution in [0.5, 0.6) is 0 Å². The summed E-state index contributed by atoms with van der Waals surface area (Å²) in [7, 11) is 0. The Labute approximate surface area is 176 Å². The molecule has 2 N–H and O–H groups in total. The van der Waals surface area contributed by atoms with Gasteiger partial charge in [-0.2, -0.15) is 0 Å². The van der Waals surface area contributed by atoms with Crippen molar-refractivity contribution in [1.82, 2.24) is 10.3 Å². The van der Waals surface area contributed by atoms with Gasteiger partial charge in [-0.25, -0.2) is 4.98 Å². The zero-order valence-electron chi connectivity index (χ0n) is 15.6. The Morgan fingerprint density at radius 2 is 1.79 bits per heavy atom. The Kier molecular flexibility index (Phi) is 5.97. The molecule has 2 heterocycles. The van der Waals surface area contributed by atoms with E-state index in [-0.39, 0.29) is 11.8 Å². The van der Waals surface area contributed by atoms with Crippen LogP contribution in [-0.4, -0.2) is 23.3 Å². The second kappa shape index (κ2) is 8.98. The van der Waals surface area contributed by atoms with Gasteiger partial charge in [0.2, 0.25) is 5.91 Å². The molecule has 5 nitrogen and oxygen atoms in total. The number of thiophene rings is 1. The minimum absolute atomic E-state index is 0.0666. The van der Waals surface area contributed by atoms with Crippen molar-refractivity contribution in [2.75, 3.05) is 11.9 Å². The van der Waals surface area contributed by atoms with Crippen molar-refractivity contribution in [3.8, 4) is 10.6 Å². The zero-order chi connectivity index (χ0) is 20.1. The largest absolute Gasteiger partial charge is 0.351 e. The molecule has 0 aliphatic heterocycles. The van der Waals surface area contributed by atoms with Crippen LogP contribution in [0.1, 0.15) is 22.5 Å². The summed E-state index contributed by atoms with van der Waals surface area (Å²) in [6.45, 7) is 0.473. The minimum atomic E-state index is -0.0918. The molecule has 0 fully saturated rings. The molecule has 0 aliphatic carbocycles. The maximum Gasteiger partial charge on any atom is 0.261 e. The average molecular weight is 422 g/mol. The molecule has 2 aromatic heterocycles. The Balaban J connectivity index is 1.26. The van der Waals surface area contributed by atoms with Crippen LogP contribution in [0.25, 0.3) is 20.8 Å². The van der Waals surface area contributed by atoms with Crippen LogP contribution in [0, 0.1) is 0 Å². The molecule has 0 radical (unpaired) electrons. The highest BCUT2D eigenvalue weighted by molar-refractivity contribution is 7.21. The van der Waals surface area contributed by atoms with Crippen LogP contribution in [0.3, 0.4) is 0 Å². The summed E-state index contributed by atoms with van der Waals surface area (Å²) in [6.07, 6.45) is 0.942. The number of rotatable bonds is 7. The van der Waals surface area contributed by atoms with Gasteiger partial charge in [0, 0.05) is 24.2 Å². The molecule has 0 atom stereocenters. The molecule has 0 saturated heterocycles. The SMILES string of the molecule is O=C(CCCNC(=O)c1cccs1)Nc1ccc(-c2nc3ccccc3s2)cc1. The predicted octanol–water partition coefficient (Wildman–Crippen LogP) is 5.17. The first-order valence-corrected chi connectivity index (χ1v) is 11.0. The first kappa shape index (κ1) is 19.3. The summed E-state index contributed by atoms with van der Waals surface area (Å²) < 4.78 is 1.16. The number of para-hydroxylation sites is 1. The van der Waals surface area contributed by atoms with E-state index in [0.29, 0.717) is 24.3 Å². The minimum Gasteiger partial charge on any atom is -0.351 e. The van der Waals surface area contributed by atoms with Gasteiger partial charge in [-0.15, -0.1) is 22.7 Å². The van der Waals surface area contributed by atoms with Gasteiger partial charge in [0.1, 0.15) is 5.01 Å². The van der Waals surface area contributed by atoms with Crippen LogP contribution < -0.4 is 10.6 Å². The summed E-state index contributed by atoms with van der Waals surface area (Å²) in [5, 5.41) is 8.55. The van der Waals surface area contributed by atoms with Gasteiger partial charge in [-0.3, -0.25) is 9.59 Å². The lowest BCUT2D eigenvalue weighted by Gasteiger charge is -2.07. The van der Waals surface area contributed by atoms with Crippen molar-refractivity contribution in [3.05, 3.63) is 70.9 Å². The molecule has 0 aliphatic rings. The highest BCUT2D eigenvalue weighted by Gasteiger charge is 2.08. The fourth-order valence-electron chi connectivity index (χ4n) is 2.86. The number of carbonyl (C=O) groups excluding carboxylic acids is 2. The lowest BCUT2D eigenvalue weighted by molar-refractivity contribution is -0.116. The molecule has 2 amide bonds. The molecule has 0 saturated carbocycles. The monoisotopic (exact) mass is 421 g/mol. The molecular weight excluding hydrogens is 402 g/mol. The third-order valence-electron chi connectivity index (χ3n) is 4.32. The van der Waals surface area contributed by atoms with Gasteiger partial charge in [0.05, 0.1) is 15.1 Å². The van der Waals surface area contributed by atoms with Gasteiger partial charge < -0.3 is 10.6 Å². The second-order valence-corrected chi connectivity index (χ2v) is 8.43. The molecule has 0 bridgehead atoms. The summed E-state index contributed by atoms with van der Waals surface area (Å²) in [6, 6.07) is 19.4. The first-order chi connectivity index (χ1) is 14.2. The number of nitrogens with zero attached hydrogens (tertiary/aromatic N) is 1. The van der Waals surface area contributed by atoms with Crippen LogP contribution in [0.4, 0.5) is 5.69 Å². The molecule has 0 unspecified atom stereocenters. The van der Waals surface area contributed by atoms with Gasteiger partial charge in [-0.05, 0) is 54.3 Å². The van der Waals surface area contributed by atoms with Crippen molar-refractivity contribution in [1.29, 1.82) is 0 Å². The molecule has 2 aromatic carbocycles. The van der Waals surface area contributed by atoms with Crippen molar-refractivity contribution < 1.29 is 9.59 Å². The van der Waals surface area contributed by atoms with E-state index in [1.807, 2.05) is 53.9 Å². The summed E-state index contributed by atoms with van der Waals surface area (Å²) in [5.74, 6) is -0.158. The third kappa shape index (κ3) is 4.88. The fourth-order valence-corrected chi connectivity index (χ4v) is 4.47. The molecule has 4 rings (SSSR count).